The summed E-state index contributed by atoms with van der Waals surface area (Å²) in [5.74, 6) is -0.0736. The summed E-state index contributed by atoms with van der Waals surface area (Å²) in [6.07, 6.45) is 3.73. The fraction of sp³-hybridized carbons (Fsp3) is 0.158. The number of nitrogens with zero attached hydrogens (tertiary/aromatic N) is 3. The molecule has 1 aliphatic rings. The highest BCUT2D eigenvalue weighted by Crippen LogP contribution is 2.42. The van der Waals surface area contributed by atoms with Crippen molar-refractivity contribution in [3.8, 4) is 5.75 Å². The van der Waals surface area contributed by atoms with E-state index in [1.165, 1.54) is 18.2 Å². The highest BCUT2D eigenvalue weighted by molar-refractivity contribution is 5.53. The zero-order valence-electron chi connectivity index (χ0n) is 14.0. The molecule has 132 valence electrons. The number of phenols is 1. The Morgan fingerprint density at radius 3 is 2.58 bits per heavy atom. The molecule has 7 heteroatoms. The smallest absolute Gasteiger partial charge is 0.275 e. The van der Waals surface area contributed by atoms with Crippen molar-refractivity contribution >= 4 is 11.4 Å². The number of rotatable bonds is 4. The van der Waals surface area contributed by atoms with Gasteiger partial charge in [-0.25, -0.2) is 0 Å². The van der Waals surface area contributed by atoms with Crippen LogP contribution in [0.2, 0.25) is 0 Å². The summed E-state index contributed by atoms with van der Waals surface area (Å²) in [6.45, 7) is 1.81. The first-order valence-corrected chi connectivity index (χ1v) is 7.94. The number of aromatic hydroxyl groups is 1. The van der Waals surface area contributed by atoms with Gasteiger partial charge in [-0.05, 0) is 31.2 Å². The molecule has 0 heterocycles. The maximum atomic E-state index is 11.5. The van der Waals surface area contributed by atoms with Gasteiger partial charge < -0.3 is 10.2 Å². The summed E-state index contributed by atoms with van der Waals surface area (Å²) >= 11 is 0. The van der Waals surface area contributed by atoms with Crippen molar-refractivity contribution in [2.75, 3.05) is 0 Å². The minimum absolute atomic E-state index is 0.0736. The average molecular weight is 351 g/mol. The number of nitro benzene ring substituents is 1. The molecule has 0 amide bonds. The molecule has 3 rings (SSSR count). The van der Waals surface area contributed by atoms with Gasteiger partial charge in [0.1, 0.15) is 17.5 Å². The first-order valence-electron chi connectivity index (χ1n) is 7.94. The Kier molecular flexibility index (Phi) is 4.64. The lowest BCUT2D eigenvalue weighted by Gasteiger charge is -2.31. The second-order valence-corrected chi connectivity index (χ2v) is 5.98. The molecule has 2 atom stereocenters. The van der Waals surface area contributed by atoms with Crippen LogP contribution in [0.15, 0.2) is 82.6 Å². The summed E-state index contributed by atoms with van der Waals surface area (Å²) in [5, 5.41) is 40.4. The number of aliphatic hydroxyl groups excluding tert-OH is 1. The van der Waals surface area contributed by atoms with Gasteiger partial charge in [-0.1, -0.05) is 42.0 Å². The van der Waals surface area contributed by atoms with Gasteiger partial charge in [-0.3, -0.25) is 10.1 Å². The summed E-state index contributed by atoms with van der Waals surface area (Å²) in [7, 11) is 0. The Morgan fingerprint density at radius 2 is 1.85 bits per heavy atom. The first-order chi connectivity index (χ1) is 12.4. The number of hydrogen-bond acceptors (Lipinski definition) is 6. The molecule has 2 N–H and O–H groups in total. The topological polar surface area (TPSA) is 108 Å². The number of benzene rings is 2. The van der Waals surface area contributed by atoms with Gasteiger partial charge in [-0.15, -0.1) is 0 Å². The standard InChI is InChI=1S/C19H17N3O4/c1-13-10-11-18(24)19(12-13,14-6-2-4-8-16(14)22(25)26)21-20-15-7-3-5-9-17(15)23/h2-12,18,23-24H,1H3. The number of para-hydroxylation sites is 2. The van der Waals surface area contributed by atoms with Crippen molar-refractivity contribution in [2.45, 2.75) is 18.6 Å². The Morgan fingerprint density at radius 1 is 1.15 bits per heavy atom. The first kappa shape index (κ1) is 17.5. The Balaban J connectivity index is 2.21. The summed E-state index contributed by atoms with van der Waals surface area (Å²) < 4.78 is 0. The molecule has 7 nitrogen and oxygen atoms in total. The molecular formula is C19H17N3O4. The molecule has 0 bridgehead atoms. The quantitative estimate of drug-likeness (QED) is 0.490. The van der Waals surface area contributed by atoms with E-state index < -0.39 is 16.6 Å². The molecular weight excluding hydrogens is 334 g/mol. The van der Waals surface area contributed by atoms with Crippen molar-refractivity contribution in [2.24, 2.45) is 10.2 Å². The second kappa shape index (κ2) is 6.89. The number of allylic oxidation sites excluding steroid dienone is 2. The highest BCUT2D eigenvalue weighted by atomic mass is 16.6. The third kappa shape index (κ3) is 3.12. The zero-order chi connectivity index (χ0) is 18.7. The van der Waals surface area contributed by atoms with Gasteiger partial charge in [0, 0.05) is 6.07 Å². The third-order valence-corrected chi connectivity index (χ3v) is 4.18. The molecule has 0 aliphatic heterocycles. The van der Waals surface area contributed by atoms with Crippen LogP contribution in [-0.2, 0) is 5.54 Å². The summed E-state index contributed by atoms with van der Waals surface area (Å²) in [4.78, 5) is 11.0. The van der Waals surface area contributed by atoms with Crippen molar-refractivity contribution in [3.05, 3.63) is 88.0 Å². The van der Waals surface area contributed by atoms with E-state index in [-0.39, 0.29) is 22.7 Å². The highest BCUT2D eigenvalue weighted by Gasteiger charge is 2.43. The van der Waals surface area contributed by atoms with E-state index in [2.05, 4.69) is 10.2 Å². The molecule has 0 radical (unpaired) electrons. The lowest BCUT2D eigenvalue weighted by Crippen LogP contribution is -2.37. The van der Waals surface area contributed by atoms with Crippen LogP contribution in [0, 0.1) is 10.1 Å². The average Bonchev–Trinajstić information content (AvgIpc) is 2.63. The van der Waals surface area contributed by atoms with E-state index in [4.69, 9.17) is 0 Å². The Bertz CT molecular complexity index is 936. The van der Waals surface area contributed by atoms with Crippen molar-refractivity contribution in [3.63, 3.8) is 0 Å². The molecule has 0 fully saturated rings. The fourth-order valence-corrected chi connectivity index (χ4v) is 2.91. The van der Waals surface area contributed by atoms with Crippen molar-refractivity contribution in [1.29, 1.82) is 0 Å². The van der Waals surface area contributed by atoms with E-state index in [0.29, 0.717) is 0 Å². The maximum absolute atomic E-state index is 11.5. The summed E-state index contributed by atoms with van der Waals surface area (Å²) in [6, 6.07) is 12.5. The van der Waals surface area contributed by atoms with E-state index in [9.17, 15) is 20.3 Å². The number of azo groups is 1. The Labute approximate surface area is 149 Å². The van der Waals surface area contributed by atoms with Gasteiger partial charge in [0.2, 0.25) is 0 Å². The molecule has 2 aromatic rings. The van der Waals surface area contributed by atoms with Gasteiger partial charge in [0.05, 0.1) is 10.5 Å². The maximum Gasteiger partial charge on any atom is 0.275 e. The molecule has 0 saturated carbocycles. The fourth-order valence-electron chi connectivity index (χ4n) is 2.91. The van der Waals surface area contributed by atoms with E-state index in [1.807, 2.05) is 0 Å². The Hall–Kier alpha value is -3.32. The van der Waals surface area contributed by atoms with Gasteiger partial charge in [0.15, 0.2) is 5.54 Å². The molecule has 0 saturated heterocycles. The van der Waals surface area contributed by atoms with Crippen molar-refractivity contribution < 1.29 is 15.1 Å². The number of phenolic OH excluding ortho intramolecular Hbond substituents is 1. The number of aliphatic hydroxyl groups is 1. The third-order valence-electron chi connectivity index (χ3n) is 4.18. The minimum Gasteiger partial charge on any atom is -0.506 e. The molecule has 26 heavy (non-hydrogen) atoms. The van der Waals surface area contributed by atoms with Crippen LogP contribution in [0.3, 0.4) is 0 Å². The molecule has 2 unspecified atom stereocenters. The van der Waals surface area contributed by atoms with E-state index in [1.54, 1.807) is 55.5 Å². The number of nitro groups is 1. The second-order valence-electron chi connectivity index (χ2n) is 5.98. The van der Waals surface area contributed by atoms with Crippen LogP contribution < -0.4 is 0 Å². The van der Waals surface area contributed by atoms with Crippen molar-refractivity contribution in [1.82, 2.24) is 0 Å². The van der Waals surface area contributed by atoms with Gasteiger partial charge in [0.25, 0.3) is 5.69 Å². The SMILES string of the molecule is CC1=CC(N=Nc2ccccc2O)(c2ccccc2[N+](=O)[O-])C(O)C=C1. The van der Waals surface area contributed by atoms with Crippen LogP contribution in [0.4, 0.5) is 11.4 Å². The van der Waals surface area contributed by atoms with E-state index in [0.717, 1.165) is 5.57 Å². The molecule has 0 aromatic heterocycles. The van der Waals surface area contributed by atoms with Crippen LogP contribution in [0.25, 0.3) is 0 Å². The van der Waals surface area contributed by atoms with Crippen LogP contribution in [-0.4, -0.2) is 21.2 Å². The zero-order valence-corrected chi connectivity index (χ0v) is 14.0. The predicted octanol–water partition coefficient (Wildman–Crippen LogP) is 4.16. The largest absolute Gasteiger partial charge is 0.506 e. The molecule has 0 spiro atoms. The van der Waals surface area contributed by atoms with Crippen LogP contribution >= 0.6 is 0 Å². The lowest BCUT2D eigenvalue weighted by molar-refractivity contribution is -0.386. The lowest BCUT2D eigenvalue weighted by atomic mass is 9.79. The monoisotopic (exact) mass is 351 g/mol. The van der Waals surface area contributed by atoms with Crippen LogP contribution in [0.5, 0.6) is 5.75 Å². The minimum atomic E-state index is -1.47. The van der Waals surface area contributed by atoms with Crippen LogP contribution in [0.1, 0.15) is 12.5 Å². The van der Waals surface area contributed by atoms with Gasteiger partial charge >= 0.3 is 0 Å². The van der Waals surface area contributed by atoms with E-state index >= 15 is 0 Å². The summed E-state index contributed by atoms with van der Waals surface area (Å²) in [5.41, 5.74) is -0.421. The normalized spacial score (nSPS) is 22.4. The number of hydrogen-bond donors (Lipinski definition) is 2. The predicted molar refractivity (Wildman–Crippen MR) is 96.3 cm³/mol. The molecule has 2 aromatic carbocycles. The molecule has 1 aliphatic carbocycles. The van der Waals surface area contributed by atoms with Gasteiger partial charge in [-0.2, -0.15) is 10.2 Å².